The van der Waals surface area contributed by atoms with Gasteiger partial charge in [0.15, 0.2) is 0 Å². The molecule has 1 aromatic heterocycles. The fourth-order valence-electron chi connectivity index (χ4n) is 1.43. The molecule has 82 valence electrons. The van der Waals surface area contributed by atoms with Crippen LogP contribution in [0.4, 0.5) is 0 Å². The fraction of sp³-hybridized carbons (Fsp3) is 0.167. The van der Waals surface area contributed by atoms with Crippen LogP contribution in [0.2, 0.25) is 0 Å². The number of rotatable bonds is 4. The van der Waals surface area contributed by atoms with Gasteiger partial charge in [0.05, 0.1) is 10.7 Å². The van der Waals surface area contributed by atoms with E-state index in [4.69, 9.17) is 0 Å². The standard InChI is InChI=1S/C12H11NO2S/c14-6-5-10-8-16-12(13-10)7-9-3-1-2-4-11(9)15/h1-4,6,8,15H,5,7H2. The number of nitrogens with zero attached hydrogens (tertiary/aromatic N) is 1. The highest BCUT2D eigenvalue weighted by Gasteiger charge is 2.05. The maximum Gasteiger partial charge on any atom is 0.125 e. The third kappa shape index (κ3) is 2.46. The zero-order valence-electron chi connectivity index (χ0n) is 8.59. The van der Waals surface area contributed by atoms with E-state index in [0.717, 1.165) is 22.6 Å². The smallest absolute Gasteiger partial charge is 0.125 e. The molecule has 0 saturated heterocycles. The Morgan fingerprint density at radius 3 is 2.94 bits per heavy atom. The van der Waals surface area contributed by atoms with Crippen LogP contribution in [0.15, 0.2) is 29.6 Å². The van der Waals surface area contributed by atoms with Crippen LogP contribution >= 0.6 is 11.3 Å². The van der Waals surface area contributed by atoms with Crippen LogP contribution in [0.25, 0.3) is 0 Å². The largest absolute Gasteiger partial charge is 0.508 e. The number of thiazole rings is 1. The third-order valence-corrected chi connectivity index (χ3v) is 3.12. The van der Waals surface area contributed by atoms with Crippen molar-refractivity contribution in [2.45, 2.75) is 12.8 Å². The molecule has 4 heteroatoms. The highest BCUT2D eigenvalue weighted by molar-refractivity contribution is 7.09. The summed E-state index contributed by atoms with van der Waals surface area (Å²) < 4.78 is 0. The van der Waals surface area contributed by atoms with Crippen molar-refractivity contribution < 1.29 is 9.90 Å². The Balaban J connectivity index is 2.14. The summed E-state index contributed by atoms with van der Waals surface area (Å²) in [5, 5.41) is 12.4. The van der Waals surface area contributed by atoms with Gasteiger partial charge in [-0.25, -0.2) is 4.98 Å². The average Bonchev–Trinajstić information content (AvgIpc) is 2.70. The van der Waals surface area contributed by atoms with Gasteiger partial charge in [-0.2, -0.15) is 0 Å². The molecule has 1 aromatic carbocycles. The quantitative estimate of drug-likeness (QED) is 0.823. The Kier molecular flexibility index (Phi) is 3.31. The zero-order valence-corrected chi connectivity index (χ0v) is 9.41. The molecule has 0 aliphatic heterocycles. The van der Waals surface area contributed by atoms with E-state index in [1.165, 1.54) is 11.3 Å². The monoisotopic (exact) mass is 233 g/mol. The maximum atomic E-state index is 10.3. The van der Waals surface area contributed by atoms with Gasteiger partial charge in [0.1, 0.15) is 12.0 Å². The molecule has 0 radical (unpaired) electrons. The number of para-hydroxylation sites is 1. The lowest BCUT2D eigenvalue weighted by molar-refractivity contribution is -0.107. The predicted octanol–water partition coefficient (Wildman–Crippen LogP) is 2.18. The van der Waals surface area contributed by atoms with E-state index in [-0.39, 0.29) is 5.75 Å². The van der Waals surface area contributed by atoms with E-state index in [1.54, 1.807) is 12.1 Å². The molecule has 1 N–H and O–H groups in total. The molecule has 0 atom stereocenters. The number of phenols is 1. The minimum atomic E-state index is 0.287. The molecule has 0 aliphatic carbocycles. The molecule has 0 bridgehead atoms. The lowest BCUT2D eigenvalue weighted by Crippen LogP contribution is -1.90. The van der Waals surface area contributed by atoms with Crippen LogP contribution in [0.3, 0.4) is 0 Å². The molecule has 2 rings (SSSR count). The van der Waals surface area contributed by atoms with Gasteiger partial charge in [0, 0.05) is 23.8 Å². The summed E-state index contributed by atoms with van der Waals surface area (Å²) in [6.45, 7) is 0. The van der Waals surface area contributed by atoms with Crippen LogP contribution in [0.5, 0.6) is 5.75 Å². The average molecular weight is 233 g/mol. The highest BCUT2D eigenvalue weighted by atomic mass is 32.1. The number of benzene rings is 1. The normalized spacial score (nSPS) is 10.2. The van der Waals surface area contributed by atoms with Crippen LogP contribution in [0.1, 0.15) is 16.3 Å². The molecule has 3 nitrogen and oxygen atoms in total. The summed E-state index contributed by atoms with van der Waals surface area (Å²) in [4.78, 5) is 14.6. The van der Waals surface area contributed by atoms with E-state index >= 15 is 0 Å². The topological polar surface area (TPSA) is 50.2 Å². The van der Waals surface area contributed by atoms with Gasteiger partial charge in [-0.05, 0) is 6.07 Å². The van der Waals surface area contributed by atoms with Crippen LogP contribution in [-0.2, 0) is 17.6 Å². The number of hydrogen-bond acceptors (Lipinski definition) is 4. The van der Waals surface area contributed by atoms with Gasteiger partial charge in [-0.1, -0.05) is 18.2 Å². The highest BCUT2D eigenvalue weighted by Crippen LogP contribution is 2.21. The lowest BCUT2D eigenvalue weighted by atomic mass is 10.1. The first-order valence-electron chi connectivity index (χ1n) is 4.93. The Bertz CT molecular complexity index is 493. The summed E-state index contributed by atoms with van der Waals surface area (Å²) in [5.41, 5.74) is 1.65. The number of hydrogen-bond donors (Lipinski definition) is 1. The third-order valence-electron chi connectivity index (χ3n) is 2.23. The molecule has 0 spiro atoms. The summed E-state index contributed by atoms with van der Waals surface area (Å²) >= 11 is 1.51. The predicted molar refractivity (Wildman–Crippen MR) is 62.8 cm³/mol. The molecule has 1 heterocycles. The van der Waals surface area contributed by atoms with Gasteiger partial charge >= 0.3 is 0 Å². The van der Waals surface area contributed by atoms with Gasteiger partial charge < -0.3 is 9.90 Å². The number of carbonyl (C=O) groups is 1. The summed E-state index contributed by atoms with van der Waals surface area (Å²) in [6.07, 6.45) is 1.81. The van der Waals surface area contributed by atoms with E-state index < -0.39 is 0 Å². The molecule has 0 saturated carbocycles. The number of aromatic nitrogens is 1. The summed E-state index contributed by atoms with van der Waals surface area (Å²) in [6, 6.07) is 7.21. The molecular formula is C12H11NO2S. The van der Waals surface area contributed by atoms with Crippen LogP contribution < -0.4 is 0 Å². The van der Waals surface area contributed by atoms with E-state index in [9.17, 15) is 9.90 Å². The van der Waals surface area contributed by atoms with Gasteiger partial charge in [0.2, 0.25) is 0 Å². The molecule has 0 unspecified atom stereocenters. The Morgan fingerprint density at radius 1 is 1.38 bits per heavy atom. The van der Waals surface area contributed by atoms with Crippen molar-refractivity contribution in [3.63, 3.8) is 0 Å². The Labute approximate surface area is 97.4 Å². The van der Waals surface area contributed by atoms with Crippen LogP contribution in [-0.4, -0.2) is 16.4 Å². The van der Waals surface area contributed by atoms with Crippen molar-refractivity contribution in [1.29, 1.82) is 0 Å². The number of carbonyl (C=O) groups excluding carboxylic acids is 1. The van der Waals surface area contributed by atoms with Crippen molar-refractivity contribution >= 4 is 17.6 Å². The van der Waals surface area contributed by atoms with Crippen molar-refractivity contribution in [2.24, 2.45) is 0 Å². The minimum absolute atomic E-state index is 0.287. The van der Waals surface area contributed by atoms with Crippen molar-refractivity contribution in [2.75, 3.05) is 0 Å². The van der Waals surface area contributed by atoms with Gasteiger partial charge in [-0.15, -0.1) is 11.3 Å². The molecule has 0 fully saturated rings. The first-order chi connectivity index (χ1) is 7.79. The fourth-order valence-corrected chi connectivity index (χ4v) is 2.26. The number of aldehydes is 1. The van der Waals surface area contributed by atoms with Crippen molar-refractivity contribution in [1.82, 2.24) is 4.98 Å². The van der Waals surface area contributed by atoms with Crippen molar-refractivity contribution in [3.8, 4) is 5.75 Å². The summed E-state index contributed by atoms with van der Waals surface area (Å²) in [5.74, 6) is 0.287. The minimum Gasteiger partial charge on any atom is -0.508 e. The molecule has 0 amide bonds. The first kappa shape index (κ1) is 10.8. The molecule has 2 aromatic rings. The second kappa shape index (κ2) is 4.90. The maximum absolute atomic E-state index is 10.3. The molecule has 16 heavy (non-hydrogen) atoms. The molecule has 0 aliphatic rings. The number of phenolic OH excluding ortho intramolecular Hbond substituents is 1. The second-order valence-electron chi connectivity index (χ2n) is 3.41. The van der Waals surface area contributed by atoms with E-state index in [0.29, 0.717) is 12.8 Å². The van der Waals surface area contributed by atoms with E-state index in [1.807, 2.05) is 17.5 Å². The number of aromatic hydroxyl groups is 1. The Morgan fingerprint density at radius 2 is 2.19 bits per heavy atom. The Hall–Kier alpha value is -1.68. The lowest BCUT2D eigenvalue weighted by Gasteiger charge is -2.00. The summed E-state index contributed by atoms with van der Waals surface area (Å²) in [7, 11) is 0. The van der Waals surface area contributed by atoms with Gasteiger partial charge in [-0.3, -0.25) is 0 Å². The zero-order chi connectivity index (χ0) is 11.4. The first-order valence-corrected chi connectivity index (χ1v) is 5.81. The molecular weight excluding hydrogens is 222 g/mol. The second-order valence-corrected chi connectivity index (χ2v) is 4.35. The van der Waals surface area contributed by atoms with E-state index in [2.05, 4.69) is 4.98 Å². The van der Waals surface area contributed by atoms with Crippen molar-refractivity contribution in [3.05, 3.63) is 45.9 Å². The van der Waals surface area contributed by atoms with Crippen LogP contribution in [0, 0.1) is 0 Å². The van der Waals surface area contributed by atoms with Gasteiger partial charge in [0.25, 0.3) is 0 Å². The SMILES string of the molecule is O=CCc1csc(Cc2ccccc2O)n1.